The lowest BCUT2D eigenvalue weighted by molar-refractivity contribution is -0.130. The van der Waals surface area contributed by atoms with E-state index in [1.54, 1.807) is 0 Å². The molecule has 0 aromatic carbocycles. The van der Waals surface area contributed by atoms with Crippen molar-refractivity contribution in [3.63, 3.8) is 0 Å². The third kappa shape index (κ3) is 4.93. The first-order chi connectivity index (χ1) is 8.22. The molecule has 0 aromatic rings. The van der Waals surface area contributed by atoms with Gasteiger partial charge >= 0.3 is 0 Å². The van der Waals surface area contributed by atoms with Gasteiger partial charge in [-0.05, 0) is 44.4 Å². The number of carbonyl (C=O) groups is 1. The number of nitrogens with zero attached hydrogens (tertiary/aromatic N) is 1. The van der Waals surface area contributed by atoms with Crippen LogP contribution >= 0.6 is 0 Å². The molecule has 1 fully saturated rings. The summed E-state index contributed by atoms with van der Waals surface area (Å²) in [6, 6.07) is 0. The summed E-state index contributed by atoms with van der Waals surface area (Å²) in [5.41, 5.74) is 0. The van der Waals surface area contributed by atoms with E-state index in [4.69, 9.17) is 0 Å². The molecule has 0 aromatic heterocycles. The molecule has 2 atom stereocenters. The standard InChI is InChI=1S/C15H27NO/c1-4-7-8-9-10-13-11-14(13)12-16(6-3)15(17)5-2/h7-8,13-14H,4-6,9-12H2,1-3H3/b8-7-. The molecule has 0 radical (unpaired) electrons. The van der Waals surface area contributed by atoms with Crippen LogP contribution in [0.25, 0.3) is 0 Å². The van der Waals surface area contributed by atoms with Crippen molar-refractivity contribution in [3.05, 3.63) is 12.2 Å². The Morgan fingerprint density at radius 1 is 1.24 bits per heavy atom. The first-order valence-corrected chi connectivity index (χ1v) is 7.15. The molecule has 1 rings (SSSR count). The molecule has 2 heteroatoms. The normalized spacial score (nSPS) is 23.0. The van der Waals surface area contributed by atoms with E-state index in [9.17, 15) is 4.79 Å². The van der Waals surface area contributed by atoms with E-state index in [1.165, 1.54) is 19.3 Å². The van der Waals surface area contributed by atoms with E-state index in [0.717, 1.165) is 31.3 Å². The van der Waals surface area contributed by atoms with Crippen molar-refractivity contribution in [1.29, 1.82) is 0 Å². The van der Waals surface area contributed by atoms with Crippen LogP contribution in [0, 0.1) is 11.8 Å². The fourth-order valence-electron chi connectivity index (χ4n) is 2.40. The van der Waals surface area contributed by atoms with E-state index in [1.807, 2.05) is 11.8 Å². The van der Waals surface area contributed by atoms with E-state index < -0.39 is 0 Å². The molecule has 0 heterocycles. The Hall–Kier alpha value is -0.790. The molecule has 2 nitrogen and oxygen atoms in total. The maximum atomic E-state index is 11.6. The van der Waals surface area contributed by atoms with Crippen LogP contribution in [0.4, 0.5) is 0 Å². The molecule has 0 spiro atoms. The Bertz CT molecular complexity index is 260. The fraction of sp³-hybridized carbons (Fsp3) is 0.800. The van der Waals surface area contributed by atoms with Crippen LogP contribution in [0.1, 0.15) is 52.9 Å². The quantitative estimate of drug-likeness (QED) is 0.590. The lowest BCUT2D eigenvalue weighted by Gasteiger charge is -2.20. The minimum atomic E-state index is 0.309. The van der Waals surface area contributed by atoms with Crippen LogP contribution in [0.5, 0.6) is 0 Å². The van der Waals surface area contributed by atoms with Crippen LogP contribution in [0.15, 0.2) is 12.2 Å². The molecule has 1 saturated carbocycles. The highest BCUT2D eigenvalue weighted by atomic mass is 16.2. The summed E-state index contributed by atoms with van der Waals surface area (Å²) in [4.78, 5) is 13.6. The van der Waals surface area contributed by atoms with Crippen molar-refractivity contribution in [2.24, 2.45) is 11.8 Å². The molecule has 1 aliphatic carbocycles. The third-order valence-corrected chi connectivity index (χ3v) is 3.67. The highest BCUT2D eigenvalue weighted by molar-refractivity contribution is 5.75. The van der Waals surface area contributed by atoms with Crippen molar-refractivity contribution >= 4 is 5.91 Å². The average Bonchev–Trinajstić information content (AvgIpc) is 3.09. The summed E-state index contributed by atoms with van der Waals surface area (Å²) in [6.07, 6.45) is 10.2. The van der Waals surface area contributed by atoms with Crippen molar-refractivity contribution in [2.75, 3.05) is 13.1 Å². The maximum Gasteiger partial charge on any atom is 0.222 e. The Kier molecular flexibility index (Phi) is 6.31. The van der Waals surface area contributed by atoms with Gasteiger partial charge in [-0.3, -0.25) is 4.79 Å². The number of carbonyl (C=O) groups excluding carboxylic acids is 1. The van der Waals surface area contributed by atoms with Gasteiger partial charge in [0.1, 0.15) is 0 Å². The minimum absolute atomic E-state index is 0.309. The van der Waals surface area contributed by atoms with Gasteiger partial charge < -0.3 is 4.90 Å². The van der Waals surface area contributed by atoms with Crippen LogP contribution in [0.2, 0.25) is 0 Å². The number of hydrogen-bond acceptors (Lipinski definition) is 1. The second-order valence-corrected chi connectivity index (χ2v) is 5.00. The van der Waals surface area contributed by atoms with E-state index in [-0.39, 0.29) is 0 Å². The molecule has 0 saturated heterocycles. The summed E-state index contributed by atoms with van der Waals surface area (Å²) < 4.78 is 0. The molecule has 0 N–H and O–H groups in total. The maximum absolute atomic E-state index is 11.6. The van der Waals surface area contributed by atoms with E-state index >= 15 is 0 Å². The summed E-state index contributed by atoms with van der Waals surface area (Å²) >= 11 is 0. The lowest BCUT2D eigenvalue weighted by Crippen LogP contribution is -2.32. The molecular formula is C15H27NO. The van der Waals surface area contributed by atoms with Gasteiger partial charge in [-0.25, -0.2) is 0 Å². The Morgan fingerprint density at radius 2 is 2.00 bits per heavy atom. The second-order valence-electron chi connectivity index (χ2n) is 5.00. The smallest absolute Gasteiger partial charge is 0.222 e. The monoisotopic (exact) mass is 237 g/mol. The van der Waals surface area contributed by atoms with Crippen LogP contribution in [-0.4, -0.2) is 23.9 Å². The van der Waals surface area contributed by atoms with Gasteiger partial charge in [0, 0.05) is 19.5 Å². The molecule has 98 valence electrons. The summed E-state index contributed by atoms with van der Waals surface area (Å²) in [5, 5.41) is 0. The fourth-order valence-corrected chi connectivity index (χ4v) is 2.40. The zero-order chi connectivity index (χ0) is 12.7. The molecule has 17 heavy (non-hydrogen) atoms. The third-order valence-electron chi connectivity index (χ3n) is 3.67. The molecule has 0 bridgehead atoms. The molecule has 0 aliphatic heterocycles. The largest absolute Gasteiger partial charge is 0.343 e. The first-order valence-electron chi connectivity index (χ1n) is 7.15. The SMILES string of the molecule is CC/C=C\CCC1CC1CN(CC)C(=O)CC. The van der Waals surface area contributed by atoms with Crippen molar-refractivity contribution in [3.8, 4) is 0 Å². The Morgan fingerprint density at radius 3 is 2.59 bits per heavy atom. The van der Waals surface area contributed by atoms with Crippen LogP contribution in [-0.2, 0) is 4.79 Å². The van der Waals surface area contributed by atoms with Gasteiger partial charge in [0.15, 0.2) is 0 Å². The Balaban J connectivity index is 2.18. The van der Waals surface area contributed by atoms with Gasteiger partial charge in [-0.2, -0.15) is 0 Å². The zero-order valence-corrected chi connectivity index (χ0v) is 11.6. The number of amides is 1. The van der Waals surface area contributed by atoms with Crippen molar-refractivity contribution in [2.45, 2.75) is 52.9 Å². The number of allylic oxidation sites excluding steroid dienone is 2. The van der Waals surface area contributed by atoms with Gasteiger partial charge in [0.2, 0.25) is 5.91 Å². The summed E-state index contributed by atoms with van der Waals surface area (Å²) in [6.45, 7) is 8.06. The highest BCUT2D eigenvalue weighted by Gasteiger charge is 2.37. The molecule has 2 unspecified atom stereocenters. The van der Waals surface area contributed by atoms with Crippen molar-refractivity contribution < 1.29 is 4.79 Å². The van der Waals surface area contributed by atoms with Gasteiger partial charge in [-0.1, -0.05) is 26.0 Å². The number of hydrogen-bond donors (Lipinski definition) is 0. The second kappa shape index (κ2) is 7.52. The van der Waals surface area contributed by atoms with Gasteiger partial charge in [0.25, 0.3) is 0 Å². The lowest BCUT2D eigenvalue weighted by atomic mass is 10.1. The summed E-state index contributed by atoms with van der Waals surface area (Å²) in [5.74, 6) is 1.96. The molecular weight excluding hydrogens is 210 g/mol. The predicted molar refractivity (Wildman–Crippen MR) is 72.8 cm³/mol. The van der Waals surface area contributed by atoms with Crippen molar-refractivity contribution in [1.82, 2.24) is 4.90 Å². The average molecular weight is 237 g/mol. The van der Waals surface area contributed by atoms with Crippen LogP contribution in [0.3, 0.4) is 0 Å². The van der Waals surface area contributed by atoms with Crippen LogP contribution < -0.4 is 0 Å². The zero-order valence-electron chi connectivity index (χ0n) is 11.6. The minimum Gasteiger partial charge on any atom is -0.343 e. The Labute approximate surface area is 106 Å². The predicted octanol–water partition coefficient (Wildman–Crippen LogP) is 3.63. The molecule has 1 amide bonds. The van der Waals surface area contributed by atoms with Gasteiger partial charge in [0.05, 0.1) is 0 Å². The topological polar surface area (TPSA) is 20.3 Å². The highest BCUT2D eigenvalue weighted by Crippen LogP contribution is 2.42. The summed E-state index contributed by atoms with van der Waals surface area (Å²) in [7, 11) is 0. The molecule has 1 aliphatic rings. The van der Waals surface area contributed by atoms with Gasteiger partial charge in [-0.15, -0.1) is 0 Å². The number of rotatable bonds is 8. The van der Waals surface area contributed by atoms with E-state index in [0.29, 0.717) is 12.3 Å². The van der Waals surface area contributed by atoms with E-state index in [2.05, 4.69) is 26.0 Å². The first kappa shape index (κ1) is 14.3.